The van der Waals surface area contributed by atoms with Crippen LogP contribution in [-0.2, 0) is 16.1 Å². The summed E-state index contributed by atoms with van der Waals surface area (Å²) in [7, 11) is 1.57. The predicted molar refractivity (Wildman–Crippen MR) is 123 cm³/mol. The van der Waals surface area contributed by atoms with Gasteiger partial charge in [-0.05, 0) is 68.6 Å². The van der Waals surface area contributed by atoms with E-state index in [-0.39, 0.29) is 11.9 Å². The van der Waals surface area contributed by atoms with Crippen LogP contribution >= 0.6 is 11.6 Å². The van der Waals surface area contributed by atoms with E-state index < -0.39 is 11.8 Å². The van der Waals surface area contributed by atoms with E-state index in [1.807, 2.05) is 12.1 Å². The Morgan fingerprint density at radius 1 is 1.31 bits per heavy atom. The summed E-state index contributed by atoms with van der Waals surface area (Å²) >= 11 is 5.90. The summed E-state index contributed by atoms with van der Waals surface area (Å²) in [6, 6.07) is 8.58. The Morgan fingerprint density at radius 2 is 2.09 bits per heavy atom. The fraction of sp³-hybridized carbons (Fsp3) is 0.500. The average Bonchev–Trinajstić information content (AvgIpc) is 2.80. The smallest absolute Gasteiger partial charge is 0.246 e. The molecule has 0 aliphatic heterocycles. The summed E-state index contributed by atoms with van der Waals surface area (Å²) < 4.78 is 19.2. The number of carbonyl (C=O) groups excluding carboxylic acids is 1. The molecule has 2 aromatic rings. The highest BCUT2D eigenvalue weighted by molar-refractivity contribution is 6.30. The zero-order valence-electron chi connectivity index (χ0n) is 19.0. The maximum absolute atomic E-state index is 13.6. The fourth-order valence-corrected chi connectivity index (χ4v) is 3.86. The SMILES string of the molecule is CCN(CCCC[C@@H](C[C@@H](OC)c1ccc(F)c(C)c1)C(=O)NO)Cc1ccc(Cl)cn1. The number of ether oxygens (including phenoxy) is 1. The molecular weight excluding hydrogens is 433 g/mol. The lowest BCUT2D eigenvalue weighted by Gasteiger charge is -2.23. The van der Waals surface area contributed by atoms with Gasteiger partial charge < -0.3 is 4.74 Å². The van der Waals surface area contributed by atoms with E-state index in [0.29, 0.717) is 23.4 Å². The number of nitrogens with one attached hydrogen (secondary N) is 1. The summed E-state index contributed by atoms with van der Waals surface area (Å²) in [6.45, 7) is 6.30. The number of halogens is 2. The van der Waals surface area contributed by atoms with Gasteiger partial charge in [-0.1, -0.05) is 37.1 Å². The number of unbranched alkanes of at least 4 members (excludes halogenated alkanes) is 1. The van der Waals surface area contributed by atoms with Crippen LogP contribution in [0.5, 0.6) is 0 Å². The highest BCUT2D eigenvalue weighted by atomic mass is 35.5. The number of benzene rings is 1. The molecule has 1 heterocycles. The highest BCUT2D eigenvalue weighted by Crippen LogP contribution is 2.28. The molecule has 1 amide bonds. The zero-order chi connectivity index (χ0) is 23.5. The van der Waals surface area contributed by atoms with E-state index in [0.717, 1.165) is 43.7 Å². The Labute approximate surface area is 194 Å². The van der Waals surface area contributed by atoms with E-state index in [2.05, 4.69) is 16.8 Å². The molecule has 0 unspecified atom stereocenters. The molecule has 0 saturated heterocycles. The van der Waals surface area contributed by atoms with Gasteiger partial charge in [0.05, 0.1) is 16.8 Å². The lowest BCUT2D eigenvalue weighted by atomic mass is 9.91. The number of methoxy groups -OCH3 is 1. The van der Waals surface area contributed by atoms with E-state index in [1.54, 1.807) is 37.8 Å². The van der Waals surface area contributed by atoms with E-state index >= 15 is 0 Å². The van der Waals surface area contributed by atoms with E-state index in [9.17, 15) is 14.4 Å². The quantitative estimate of drug-likeness (QED) is 0.245. The van der Waals surface area contributed by atoms with Gasteiger partial charge in [0, 0.05) is 25.8 Å². The molecule has 8 heteroatoms. The van der Waals surface area contributed by atoms with Crippen molar-refractivity contribution in [2.75, 3.05) is 20.2 Å². The molecule has 0 aliphatic rings. The van der Waals surface area contributed by atoms with Crippen LogP contribution in [0.3, 0.4) is 0 Å². The largest absolute Gasteiger partial charge is 0.377 e. The third kappa shape index (κ3) is 8.13. The molecule has 1 aromatic carbocycles. The van der Waals surface area contributed by atoms with Crippen molar-refractivity contribution in [3.05, 3.63) is 64.2 Å². The van der Waals surface area contributed by atoms with Gasteiger partial charge in [0.25, 0.3) is 0 Å². The van der Waals surface area contributed by atoms with Crippen molar-refractivity contribution in [2.24, 2.45) is 5.92 Å². The summed E-state index contributed by atoms with van der Waals surface area (Å²) in [5.41, 5.74) is 4.09. The van der Waals surface area contributed by atoms with Gasteiger partial charge >= 0.3 is 0 Å². The van der Waals surface area contributed by atoms with Crippen LogP contribution in [-0.4, -0.2) is 41.2 Å². The topological polar surface area (TPSA) is 74.7 Å². The van der Waals surface area contributed by atoms with Crippen molar-refractivity contribution in [3.63, 3.8) is 0 Å². The second-order valence-corrected chi connectivity index (χ2v) is 8.41. The summed E-state index contributed by atoms with van der Waals surface area (Å²) in [5, 5.41) is 9.81. The maximum atomic E-state index is 13.6. The third-order valence-corrected chi connectivity index (χ3v) is 5.94. The molecule has 2 N–H and O–H groups in total. The van der Waals surface area contributed by atoms with Gasteiger partial charge in [0.15, 0.2) is 0 Å². The molecule has 32 heavy (non-hydrogen) atoms. The standard InChI is InChI=1S/C24H33ClFN3O3/c1-4-29(16-21-10-9-20(25)15-27-21)12-6-5-7-19(24(30)28-31)14-23(32-3)18-8-11-22(26)17(2)13-18/h8-11,13,15,19,23,31H,4-7,12,14,16H2,1-3H3,(H,28,30)/t19-,23+/m0/s1. The Hall–Kier alpha value is -2.06. The van der Waals surface area contributed by atoms with Gasteiger partial charge in [-0.25, -0.2) is 9.87 Å². The number of aryl methyl sites for hydroxylation is 1. The monoisotopic (exact) mass is 465 g/mol. The van der Waals surface area contributed by atoms with Crippen molar-refractivity contribution in [3.8, 4) is 0 Å². The van der Waals surface area contributed by atoms with Crippen molar-refractivity contribution in [1.82, 2.24) is 15.4 Å². The molecule has 0 aliphatic carbocycles. The minimum absolute atomic E-state index is 0.275. The molecule has 0 fully saturated rings. The number of nitrogens with zero attached hydrogens (tertiary/aromatic N) is 2. The number of rotatable bonds is 13. The Morgan fingerprint density at radius 3 is 2.69 bits per heavy atom. The lowest BCUT2D eigenvalue weighted by Crippen LogP contribution is -2.30. The summed E-state index contributed by atoms with van der Waals surface area (Å²) in [5.74, 6) is -1.12. The molecule has 1 aromatic heterocycles. The number of amides is 1. The predicted octanol–water partition coefficient (Wildman–Crippen LogP) is 5.07. The van der Waals surface area contributed by atoms with Crippen molar-refractivity contribution in [1.29, 1.82) is 0 Å². The number of pyridine rings is 1. The minimum atomic E-state index is -0.427. The van der Waals surface area contributed by atoms with Gasteiger partial charge in [-0.15, -0.1) is 0 Å². The van der Waals surface area contributed by atoms with E-state index in [4.69, 9.17) is 16.3 Å². The molecule has 2 atom stereocenters. The first-order chi connectivity index (χ1) is 15.4. The number of hydroxylamine groups is 1. The average molecular weight is 466 g/mol. The number of aromatic nitrogens is 1. The van der Waals surface area contributed by atoms with E-state index in [1.165, 1.54) is 6.07 Å². The van der Waals surface area contributed by atoms with Gasteiger partial charge in [-0.2, -0.15) is 0 Å². The second-order valence-electron chi connectivity index (χ2n) is 7.97. The normalized spacial score (nSPS) is 13.2. The van der Waals surface area contributed by atoms with Gasteiger partial charge in [0.2, 0.25) is 5.91 Å². The molecule has 2 rings (SSSR count). The minimum Gasteiger partial charge on any atom is -0.377 e. The summed E-state index contributed by atoms with van der Waals surface area (Å²) in [4.78, 5) is 18.9. The Bertz CT molecular complexity index is 851. The molecular formula is C24H33ClFN3O3. The van der Waals surface area contributed by atoms with Crippen LogP contribution in [0.1, 0.15) is 55.5 Å². The highest BCUT2D eigenvalue weighted by Gasteiger charge is 2.24. The van der Waals surface area contributed by atoms with Crippen LogP contribution in [0, 0.1) is 18.7 Å². The van der Waals surface area contributed by atoms with Crippen LogP contribution in [0.4, 0.5) is 4.39 Å². The summed E-state index contributed by atoms with van der Waals surface area (Å²) in [6.07, 6.45) is 4.03. The Kier molecular flexibility index (Phi) is 11.0. The van der Waals surface area contributed by atoms with Crippen molar-refractivity contribution in [2.45, 2.75) is 52.2 Å². The fourth-order valence-electron chi connectivity index (χ4n) is 3.75. The third-order valence-electron chi connectivity index (χ3n) is 5.72. The first-order valence-corrected chi connectivity index (χ1v) is 11.3. The maximum Gasteiger partial charge on any atom is 0.246 e. The van der Waals surface area contributed by atoms with Crippen LogP contribution in [0.2, 0.25) is 5.02 Å². The molecule has 6 nitrogen and oxygen atoms in total. The molecule has 176 valence electrons. The van der Waals surface area contributed by atoms with Crippen LogP contribution in [0.25, 0.3) is 0 Å². The molecule has 0 saturated carbocycles. The molecule has 0 spiro atoms. The first kappa shape index (κ1) is 26.2. The molecule has 0 bridgehead atoms. The van der Waals surface area contributed by atoms with Crippen LogP contribution < -0.4 is 5.48 Å². The first-order valence-electron chi connectivity index (χ1n) is 10.9. The van der Waals surface area contributed by atoms with Crippen molar-refractivity contribution >= 4 is 17.5 Å². The van der Waals surface area contributed by atoms with Crippen molar-refractivity contribution < 1.29 is 19.1 Å². The second kappa shape index (κ2) is 13.5. The number of carbonyl (C=O) groups is 1. The lowest BCUT2D eigenvalue weighted by molar-refractivity contribution is -0.135. The van der Waals surface area contributed by atoms with Gasteiger partial charge in [0.1, 0.15) is 5.82 Å². The molecule has 0 radical (unpaired) electrons. The Balaban J connectivity index is 1.90. The van der Waals surface area contributed by atoms with Crippen LogP contribution in [0.15, 0.2) is 36.5 Å². The number of hydrogen-bond donors (Lipinski definition) is 2. The van der Waals surface area contributed by atoms with Gasteiger partial charge in [-0.3, -0.25) is 19.9 Å². The zero-order valence-corrected chi connectivity index (χ0v) is 19.7. The number of hydrogen-bond acceptors (Lipinski definition) is 5.